The fourth-order valence-corrected chi connectivity index (χ4v) is 0.172. The van der Waals surface area contributed by atoms with Crippen LogP contribution < -0.4 is 29.6 Å². The molecule has 0 bridgehead atoms. The number of aliphatic carboxylic acids is 2. The van der Waals surface area contributed by atoms with Crippen molar-refractivity contribution in [3.8, 4) is 0 Å². The number of aliphatic hydroxyl groups is 1. The summed E-state index contributed by atoms with van der Waals surface area (Å²) in [5.74, 6) is -1.98. The summed E-state index contributed by atoms with van der Waals surface area (Å²) in [5.41, 5.74) is 0. The van der Waals surface area contributed by atoms with E-state index in [0.717, 1.165) is 6.92 Å². The van der Waals surface area contributed by atoms with Crippen molar-refractivity contribution in [1.82, 2.24) is 0 Å². The Balaban J connectivity index is -0.0000000733. The molecular formula is C6H12NNaO5. The van der Waals surface area contributed by atoms with Crippen molar-refractivity contribution in [2.24, 2.45) is 4.99 Å². The van der Waals surface area contributed by atoms with Gasteiger partial charge >= 0.3 is 35.5 Å². The molecule has 3 N–H and O–H groups in total. The predicted octanol–water partition coefficient (Wildman–Crippen LogP) is -3.31. The van der Waals surface area contributed by atoms with Gasteiger partial charge in [0.05, 0.1) is 0 Å². The molecule has 6 nitrogen and oxygen atoms in total. The number of aliphatic hydroxyl groups excluding tert-OH is 1. The van der Waals surface area contributed by atoms with E-state index in [4.69, 9.17) is 20.1 Å². The third-order valence-electron chi connectivity index (χ3n) is 0.401. The van der Waals surface area contributed by atoms with Gasteiger partial charge in [-0.3, -0.25) is 9.79 Å². The van der Waals surface area contributed by atoms with Crippen LogP contribution in [-0.2, 0) is 9.59 Å². The van der Waals surface area contributed by atoms with Crippen LogP contribution in [0.25, 0.3) is 0 Å². The molecule has 0 aromatic heterocycles. The van der Waals surface area contributed by atoms with Crippen molar-refractivity contribution in [1.29, 1.82) is 0 Å². The minimum Gasteiger partial charge on any atom is -1.00 e. The Hall–Kier alpha value is -0.430. The van der Waals surface area contributed by atoms with Crippen LogP contribution >= 0.6 is 0 Å². The van der Waals surface area contributed by atoms with E-state index in [2.05, 4.69) is 4.99 Å². The van der Waals surface area contributed by atoms with Crippen LogP contribution in [0.2, 0.25) is 0 Å². The molecule has 0 fully saturated rings. The fourth-order valence-electron chi connectivity index (χ4n) is 0.172. The topological polar surface area (TPSA) is 107 Å². The van der Waals surface area contributed by atoms with Crippen LogP contribution in [0.4, 0.5) is 0 Å². The molecule has 0 aromatic rings. The molecule has 0 aliphatic carbocycles. The Morgan fingerprint density at radius 2 is 1.77 bits per heavy atom. The predicted molar refractivity (Wildman–Crippen MR) is 42.2 cm³/mol. The van der Waals surface area contributed by atoms with E-state index >= 15 is 0 Å². The van der Waals surface area contributed by atoms with E-state index < -0.39 is 18.2 Å². The van der Waals surface area contributed by atoms with Crippen molar-refractivity contribution in [2.45, 2.75) is 20.1 Å². The molecule has 1 atom stereocenters. The van der Waals surface area contributed by atoms with E-state index in [0.29, 0.717) is 6.21 Å². The first-order valence-electron chi connectivity index (χ1n) is 3.00. The van der Waals surface area contributed by atoms with Gasteiger partial charge < -0.3 is 16.7 Å². The van der Waals surface area contributed by atoms with Crippen LogP contribution in [0.1, 0.15) is 15.3 Å². The number of hydrogen-bond donors (Lipinski definition) is 3. The summed E-state index contributed by atoms with van der Waals surface area (Å²) < 4.78 is 0. The van der Waals surface area contributed by atoms with E-state index in [-0.39, 0.29) is 31.0 Å². The molecule has 1 unspecified atom stereocenters. The molecule has 0 aliphatic rings. The Kier molecular flexibility index (Phi) is 16.4. The standard InChI is InChI=1S/C4H7NO3.C2H4O2.Na.H/c1-3(6)5-2-4(7)8;1-2(3)4;;/h2-3,6H,1H3,(H,7,8);1H3,(H,3,4);;/q;;+1;-1. The third kappa shape index (κ3) is 50.7. The molecule has 0 radical (unpaired) electrons. The maximum absolute atomic E-state index is 9.64. The number of carboxylic acid groups (broad SMARTS) is 2. The van der Waals surface area contributed by atoms with Crippen molar-refractivity contribution in [3.63, 3.8) is 0 Å². The van der Waals surface area contributed by atoms with Gasteiger partial charge in [0.25, 0.3) is 5.97 Å². The van der Waals surface area contributed by atoms with Crippen LogP contribution in [0.15, 0.2) is 4.99 Å². The SMILES string of the molecule is CC(=O)O.CC(O)N=CC(=O)O.[H-].[Na+]. The molecule has 0 aromatic carbocycles. The summed E-state index contributed by atoms with van der Waals surface area (Å²) in [6, 6.07) is 0. The number of rotatable bonds is 2. The first kappa shape index (κ1) is 18.4. The van der Waals surface area contributed by atoms with Crippen LogP contribution in [0.5, 0.6) is 0 Å². The number of hydrogen-bond acceptors (Lipinski definition) is 4. The summed E-state index contributed by atoms with van der Waals surface area (Å²) in [4.78, 5) is 21.8. The van der Waals surface area contributed by atoms with Gasteiger partial charge in [-0.25, -0.2) is 4.79 Å². The second-order valence-electron chi connectivity index (χ2n) is 1.77. The van der Waals surface area contributed by atoms with Gasteiger partial charge in [0, 0.05) is 6.92 Å². The largest absolute Gasteiger partial charge is 1.00 e. The number of nitrogens with zero attached hydrogens (tertiary/aromatic N) is 1. The third-order valence-corrected chi connectivity index (χ3v) is 0.401. The minimum atomic E-state index is -1.15. The van der Waals surface area contributed by atoms with E-state index in [1.165, 1.54) is 6.92 Å². The molecule has 72 valence electrons. The molecule has 13 heavy (non-hydrogen) atoms. The molecule has 0 saturated carbocycles. The minimum absolute atomic E-state index is 0. The summed E-state index contributed by atoms with van der Waals surface area (Å²) in [5, 5.41) is 23.7. The summed E-state index contributed by atoms with van der Waals surface area (Å²) in [7, 11) is 0. The molecule has 0 amide bonds. The Labute approximate surface area is 99.1 Å². The number of carboxylic acids is 2. The van der Waals surface area contributed by atoms with Crippen molar-refractivity contribution >= 4 is 18.2 Å². The van der Waals surface area contributed by atoms with Gasteiger partial charge in [0.2, 0.25) is 0 Å². The fraction of sp³-hybridized carbons (Fsp3) is 0.500. The summed E-state index contributed by atoms with van der Waals surface area (Å²) in [6.07, 6.45) is -0.268. The zero-order chi connectivity index (χ0) is 10.1. The Morgan fingerprint density at radius 3 is 1.85 bits per heavy atom. The van der Waals surface area contributed by atoms with Gasteiger partial charge in [-0.05, 0) is 6.92 Å². The second kappa shape index (κ2) is 11.6. The van der Waals surface area contributed by atoms with Gasteiger partial charge in [0.1, 0.15) is 12.4 Å². The number of carbonyl (C=O) groups is 2. The summed E-state index contributed by atoms with van der Waals surface area (Å²) >= 11 is 0. The van der Waals surface area contributed by atoms with Crippen LogP contribution in [0, 0.1) is 0 Å². The molecule has 0 heterocycles. The smallest absolute Gasteiger partial charge is 1.00 e. The zero-order valence-corrected chi connectivity index (χ0v) is 9.76. The first-order valence-corrected chi connectivity index (χ1v) is 3.00. The zero-order valence-electron chi connectivity index (χ0n) is 8.76. The quantitative estimate of drug-likeness (QED) is 0.320. The number of aliphatic imine (C=N–C) groups is 1. The van der Waals surface area contributed by atoms with Crippen molar-refractivity contribution in [3.05, 3.63) is 0 Å². The van der Waals surface area contributed by atoms with Gasteiger partial charge in [-0.2, -0.15) is 0 Å². The molecular weight excluding hydrogens is 189 g/mol. The van der Waals surface area contributed by atoms with Gasteiger partial charge in [-0.1, -0.05) is 0 Å². The second-order valence-corrected chi connectivity index (χ2v) is 1.77. The Bertz CT molecular complexity index is 181. The molecule has 0 aliphatic heterocycles. The monoisotopic (exact) mass is 201 g/mol. The normalized spacial score (nSPS) is 10.7. The van der Waals surface area contributed by atoms with Crippen LogP contribution in [0.3, 0.4) is 0 Å². The van der Waals surface area contributed by atoms with Gasteiger partial charge in [0.15, 0.2) is 0 Å². The van der Waals surface area contributed by atoms with Crippen LogP contribution in [-0.4, -0.2) is 39.7 Å². The Morgan fingerprint density at radius 1 is 1.46 bits per heavy atom. The average Bonchev–Trinajstić information content (AvgIpc) is 1.82. The van der Waals surface area contributed by atoms with E-state index in [9.17, 15) is 4.79 Å². The van der Waals surface area contributed by atoms with Gasteiger partial charge in [-0.15, -0.1) is 0 Å². The molecule has 0 rings (SSSR count). The molecule has 7 heteroatoms. The van der Waals surface area contributed by atoms with Crippen molar-refractivity contribution in [2.75, 3.05) is 0 Å². The van der Waals surface area contributed by atoms with E-state index in [1.807, 2.05) is 0 Å². The maximum atomic E-state index is 9.64. The van der Waals surface area contributed by atoms with Crippen molar-refractivity contribution < 1.29 is 55.9 Å². The first-order chi connectivity index (χ1) is 5.36. The average molecular weight is 201 g/mol. The molecule has 0 saturated heterocycles. The van der Waals surface area contributed by atoms with E-state index in [1.54, 1.807) is 0 Å². The molecule has 0 spiro atoms. The maximum Gasteiger partial charge on any atom is 1.00 e. The summed E-state index contributed by atoms with van der Waals surface area (Å²) in [6.45, 7) is 2.46.